The van der Waals surface area contributed by atoms with Crippen molar-refractivity contribution >= 4 is 71.6 Å². The van der Waals surface area contributed by atoms with Crippen LogP contribution >= 0.6 is 0 Å². The first kappa shape index (κ1) is 27.3. The van der Waals surface area contributed by atoms with Gasteiger partial charge in [0, 0.05) is 49.6 Å². The number of hydrogen-bond donors (Lipinski definition) is 0. The maximum absolute atomic E-state index is 9.77. The molecule has 11 rings (SSSR count). The van der Waals surface area contributed by atoms with Crippen LogP contribution in [-0.2, 0) is 0 Å². The molecule has 0 aliphatic rings. The molecular formula is C52H34N2O. The lowest BCUT2D eigenvalue weighted by Crippen LogP contribution is -2.11. The largest absolute Gasteiger partial charge is 0.455 e. The standard InChI is InChI=1S/C52H34N2O/c1-2-12-35(13-3-1)36-24-27-39(28-25-36)53(40-29-31-41(32-30-40)54-49-19-9-5-15-43(49)44-16-6-10-20-50(44)54)48-18-8-4-14-42(48)38-23-22-37-26-33-46-45-17-7-11-21-51(45)55-52(46)47(37)34-38/h1-34H/i29D,30D,31D,32D. The lowest BCUT2D eigenvalue weighted by Gasteiger charge is -2.28. The van der Waals surface area contributed by atoms with E-state index in [1.807, 2.05) is 143 Å². The van der Waals surface area contributed by atoms with Gasteiger partial charge in [0.1, 0.15) is 11.2 Å². The molecule has 0 atom stereocenters. The van der Waals surface area contributed by atoms with Crippen molar-refractivity contribution in [1.29, 1.82) is 0 Å². The summed E-state index contributed by atoms with van der Waals surface area (Å²) in [6, 6.07) is 60.1. The number of furan rings is 1. The van der Waals surface area contributed by atoms with Crippen molar-refractivity contribution in [3.05, 3.63) is 206 Å². The first-order chi connectivity index (χ1) is 29.0. The highest BCUT2D eigenvalue weighted by Crippen LogP contribution is 2.43. The molecule has 0 amide bonds. The Hall–Kier alpha value is -7.36. The zero-order chi connectivity index (χ0) is 39.8. The minimum absolute atomic E-state index is 0.131. The van der Waals surface area contributed by atoms with E-state index in [9.17, 15) is 5.48 Å². The van der Waals surface area contributed by atoms with Gasteiger partial charge >= 0.3 is 0 Å². The lowest BCUT2D eigenvalue weighted by molar-refractivity contribution is 0.672. The average molecular weight is 707 g/mol. The molecule has 0 spiro atoms. The molecule has 3 nitrogen and oxygen atoms in total. The Morgan fingerprint density at radius 1 is 0.436 bits per heavy atom. The quantitative estimate of drug-likeness (QED) is 0.172. The predicted molar refractivity (Wildman–Crippen MR) is 231 cm³/mol. The first-order valence-electron chi connectivity index (χ1n) is 20.4. The molecule has 0 unspecified atom stereocenters. The molecule has 0 bridgehead atoms. The van der Waals surface area contributed by atoms with Gasteiger partial charge in [0.2, 0.25) is 0 Å². The Morgan fingerprint density at radius 2 is 1.04 bits per heavy atom. The minimum atomic E-state index is -0.146. The third-order valence-electron chi connectivity index (χ3n) is 10.7. The Labute approximate surface area is 324 Å². The van der Waals surface area contributed by atoms with E-state index in [0.29, 0.717) is 11.4 Å². The van der Waals surface area contributed by atoms with Gasteiger partial charge in [-0.3, -0.25) is 0 Å². The van der Waals surface area contributed by atoms with Crippen molar-refractivity contribution in [2.45, 2.75) is 0 Å². The summed E-state index contributed by atoms with van der Waals surface area (Å²) in [5.41, 5.74) is 8.92. The van der Waals surface area contributed by atoms with Gasteiger partial charge in [-0.05, 0) is 94.8 Å². The summed E-state index contributed by atoms with van der Waals surface area (Å²) in [5.74, 6) is 0. The minimum Gasteiger partial charge on any atom is -0.455 e. The number of aromatic nitrogens is 1. The normalized spacial score (nSPS) is 12.7. The zero-order valence-electron chi connectivity index (χ0n) is 33.6. The fraction of sp³-hybridized carbons (Fsp3) is 0. The van der Waals surface area contributed by atoms with Gasteiger partial charge in [0.15, 0.2) is 0 Å². The summed E-state index contributed by atoms with van der Waals surface area (Å²) in [4.78, 5) is 1.88. The van der Waals surface area contributed by atoms with Gasteiger partial charge in [0.05, 0.1) is 22.2 Å². The van der Waals surface area contributed by atoms with Crippen LogP contribution in [0, 0.1) is 0 Å². The van der Waals surface area contributed by atoms with E-state index in [-0.39, 0.29) is 35.5 Å². The van der Waals surface area contributed by atoms with Crippen LogP contribution in [0.3, 0.4) is 0 Å². The Morgan fingerprint density at radius 3 is 1.80 bits per heavy atom. The molecule has 0 aliphatic heterocycles. The molecule has 9 aromatic carbocycles. The van der Waals surface area contributed by atoms with Gasteiger partial charge in [-0.1, -0.05) is 133 Å². The van der Waals surface area contributed by atoms with Crippen LogP contribution in [0.5, 0.6) is 0 Å². The van der Waals surface area contributed by atoms with Crippen molar-refractivity contribution in [3.8, 4) is 27.9 Å². The molecule has 0 aliphatic carbocycles. The van der Waals surface area contributed by atoms with Gasteiger partial charge in [0.25, 0.3) is 0 Å². The highest BCUT2D eigenvalue weighted by atomic mass is 16.3. The van der Waals surface area contributed by atoms with E-state index < -0.39 is 0 Å². The number of nitrogens with zero attached hydrogens (tertiary/aromatic N) is 2. The van der Waals surface area contributed by atoms with Gasteiger partial charge in [-0.25, -0.2) is 0 Å². The highest BCUT2D eigenvalue weighted by Gasteiger charge is 2.19. The second-order valence-corrected chi connectivity index (χ2v) is 13.8. The maximum Gasteiger partial charge on any atom is 0.143 e. The summed E-state index contributed by atoms with van der Waals surface area (Å²) in [5, 5.41) is 6.09. The van der Waals surface area contributed by atoms with Crippen LogP contribution in [-0.4, -0.2) is 4.57 Å². The predicted octanol–water partition coefficient (Wildman–Crippen LogP) is 14.6. The number of fused-ring (bicyclic) bond motifs is 8. The number of benzene rings is 9. The molecule has 0 N–H and O–H groups in total. The van der Waals surface area contributed by atoms with Crippen molar-refractivity contribution in [1.82, 2.24) is 4.57 Å². The molecular weight excluding hydrogens is 669 g/mol. The van der Waals surface area contributed by atoms with E-state index in [4.69, 9.17) is 4.42 Å². The fourth-order valence-electron chi connectivity index (χ4n) is 8.09. The van der Waals surface area contributed by atoms with Gasteiger partial charge in [-0.2, -0.15) is 0 Å². The van der Waals surface area contributed by atoms with Crippen LogP contribution in [0.4, 0.5) is 17.1 Å². The van der Waals surface area contributed by atoms with Crippen LogP contribution in [0.1, 0.15) is 5.48 Å². The van der Waals surface area contributed by atoms with Gasteiger partial charge < -0.3 is 13.9 Å². The molecule has 55 heavy (non-hydrogen) atoms. The van der Waals surface area contributed by atoms with Crippen LogP contribution in [0.25, 0.3) is 82.5 Å². The third-order valence-corrected chi connectivity index (χ3v) is 10.7. The van der Waals surface area contributed by atoms with Gasteiger partial charge in [-0.15, -0.1) is 0 Å². The Bertz CT molecular complexity index is 3360. The molecule has 2 heterocycles. The Kier molecular flexibility index (Phi) is 6.27. The fourth-order valence-corrected chi connectivity index (χ4v) is 8.09. The molecule has 0 saturated carbocycles. The summed E-state index contributed by atoms with van der Waals surface area (Å²) < 4.78 is 47.2. The van der Waals surface area contributed by atoms with Crippen molar-refractivity contribution < 1.29 is 9.90 Å². The van der Waals surface area contributed by atoms with E-state index in [0.717, 1.165) is 76.8 Å². The second-order valence-electron chi connectivity index (χ2n) is 13.8. The van der Waals surface area contributed by atoms with Crippen LogP contribution < -0.4 is 4.90 Å². The van der Waals surface area contributed by atoms with E-state index in [2.05, 4.69) is 48.5 Å². The van der Waals surface area contributed by atoms with E-state index in [1.165, 1.54) is 0 Å². The molecule has 3 heteroatoms. The molecule has 258 valence electrons. The van der Waals surface area contributed by atoms with Crippen molar-refractivity contribution in [2.75, 3.05) is 4.90 Å². The van der Waals surface area contributed by atoms with E-state index in [1.54, 1.807) is 0 Å². The highest BCUT2D eigenvalue weighted by molar-refractivity contribution is 6.16. The summed E-state index contributed by atoms with van der Waals surface area (Å²) in [6.07, 6.45) is 0. The monoisotopic (exact) mass is 706 g/mol. The van der Waals surface area contributed by atoms with Crippen molar-refractivity contribution in [2.24, 2.45) is 0 Å². The summed E-state index contributed by atoms with van der Waals surface area (Å²) >= 11 is 0. The topological polar surface area (TPSA) is 21.3 Å². The Balaban J connectivity index is 1.15. The number of anilines is 3. The number of para-hydroxylation sites is 4. The molecule has 0 saturated heterocycles. The third kappa shape index (κ3) is 5.13. The zero-order valence-corrected chi connectivity index (χ0v) is 29.6. The average Bonchev–Trinajstić information content (AvgIpc) is 3.84. The lowest BCUT2D eigenvalue weighted by atomic mass is 9.97. The van der Waals surface area contributed by atoms with E-state index >= 15 is 0 Å². The summed E-state index contributed by atoms with van der Waals surface area (Å²) in [6.45, 7) is 0. The maximum atomic E-state index is 9.77. The summed E-state index contributed by atoms with van der Waals surface area (Å²) in [7, 11) is 0. The molecule has 11 aromatic rings. The number of rotatable bonds is 6. The smallest absolute Gasteiger partial charge is 0.143 e. The number of hydrogen-bond acceptors (Lipinski definition) is 2. The van der Waals surface area contributed by atoms with Crippen molar-refractivity contribution in [3.63, 3.8) is 0 Å². The molecule has 2 aromatic heterocycles. The first-order valence-corrected chi connectivity index (χ1v) is 18.4. The molecule has 0 radical (unpaired) electrons. The van der Waals surface area contributed by atoms with Crippen LogP contribution in [0.15, 0.2) is 211 Å². The van der Waals surface area contributed by atoms with Crippen LogP contribution in [0.2, 0.25) is 0 Å². The molecule has 0 fully saturated rings. The SMILES string of the molecule is [2H]c1c([2H])c(-n2c3ccccc3c3ccccc32)c([2H])c([2H])c1N(c1ccc(-c2ccccc2)cc1)c1ccccc1-c1ccc2ccc3c4ccccc4oc3c2c1. The second kappa shape index (κ2) is 12.6.